The summed E-state index contributed by atoms with van der Waals surface area (Å²) in [6.07, 6.45) is 1.51. The van der Waals surface area contributed by atoms with E-state index in [-0.39, 0.29) is 0 Å². The Kier molecular flexibility index (Phi) is 4.28. The first-order valence-corrected chi connectivity index (χ1v) is 6.47. The van der Waals surface area contributed by atoms with E-state index >= 15 is 0 Å². The third-order valence-corrected chi connectivity index (χ3v) is 2.57. The van der Waals surface area contributed by atoms with E-state index in [1.54, 1.807) is 12.1 Å². The van der Waals surface area contributed by atoms with Crippen molar-refractivity contribution in [1.82, 2.24) is 0 Å². The molecule has 0 aliphatic rings. The van der Waals surface area contributed by atoms with Crippen LogP contribution in [0.4, 0.5) is 0 Å². The molecule has 0 aliphatic heterocycles. The summed E-state index contributed by atoms with van der Waals surface area (Å²) in [5, 5.41) is 1.10. The molecular formula is C14H11O3S-. The molecule has 92 valence electrons. The van der Waals surface area contributed by atoms with Gasteiger partial charge in [0.2, 0.25) is 0 Å². The average molecular weight is 259 g/mol. The predicted molar refractivity (Wildman–Crippen MR) is 70.9 cm³/mol. The van der Waals surface area contributed by atoms with Crippen molar-refractivity contribution in [3.8, 4) is 11.5 Å². The molecule has 0 amide bonds. The summed E-state index contributed by atoms with van der Waals surface area (Å²) in [6.45, 7) is 0. The lowest BCUT2D eigenvalue weighted by molar-refractivity contribution is 0.482. The quantitative estimate of drug-likeness (QED) is 0.791. The summed E-state index contributed by atoms with van der Waals surface area (Å²) in [5.74, 6) is 1.41. The van der Waals surface area contributed by atoms with Crippen molar-refractivity contribution in [1.29, 1.82) is 0 Å². The number of hydrogen-bond donors (Lipinski definition) is 0. The highest BCUT2D eigenvalue weighted by Gasteiger charge is 1.96. The van der Waals surface area contributed by atoms with Crippen LogP contribution in [0.3, 0.4) is 0 Å². The normalized spacial score (nSPS) is 12.5. The smallest absolute Gasteiger partial charge is 0.128 e. The molecule has 3 nitrogen and oxygen atoms in total. The van der Waals surface area contributed by atoms with E-state index in [0.29, 0.717) is 5.75 Å². The lowest BCUT2D eigenvalue weighted by Gasteiger charge is -2.06. The SMILES string of the molecule is O=S([O-])/C=C/c1cccc(Oc2ccccc2)c1. The largest absolute Gasteiger partial charge is 0.769 e. The third kappa shape index (κ3) is 3.84. The van der Waals surface area contributed by atoms with Crippen molar-refractivity contribution in [2.75, 3.05) is 0 Å². The molecule has 1 unspecified atom stereocenters. The van der Waals surface area contributed by atoms with Crippen LogP contribution in [0.1, 0.15) is 5.56 Å². The van der Waals surface area contributed by atoms with E-state index in [0.717, 1.165) is 16.7 Å². The zero-order chi connectivity index (χ0) is 12.8. The van der Waals surface area contributed by atoms with Gasteiger partial charge in [-0.25, -0.2) is 0 Å². The van der Waals surface area contributed by atoms with Gasteiger partial charge in [-0.1, -0.05) is 30.3 Å². The van der Waals surface area contributed by atoms with Crippen molar-refractivity contribution < 1.29 is 13.5 Å². The molecule has 0 aromatic heterocycles. The van der Waals surface area contributed by atoms with Gasteiger partial charge in [-0.2, -0.15) is 0 Å². The molecule has 0 heterocycles. The second-order valence-corrected chi connectivity index (χ2v) is 4.34. The Labute approximate surface area is 108 Å². The minimum absolute atomic E-state index is 0.667. The monoisotopic (exact) mass is 259 g/mol. The van der Waals surface area contributed by atoms with Gasteiger partial charge in [0.25, 0.3) is 0 Å². The fraction of sp³-hybridized carbons (Fsp3) is 0. The molecular weight excluding hydrogens is 248 g/mol. The number of rotatable bonds is 4. The van der Waals surface area contributed by atoms with Crippen molar-refractivity contribution in [3.05, 3.63) is 65.6 Å². The minimum Gasteiger partial charge on any atom is -0.769 e. The van der Waals surface area contributed by atoms with Crippen LogP contribution in [0.15, 0.2) is 60.0 Å². The van der Waals surface area contributed by atoms with E-state index in [4.69, 9.17) is 4.74 Å². The van der Waals surface area contributed by atoms with Gasteiger partial charge in [0.1, 0.15) is 11.5 Å². The van der Waals surface area contributed by atoms with Crippen LogP contribution in [0, 0.1) is 0 Å². The fourth-order valence-electron chi connectivity index (χ4n) is 1.44. The summed E-state index contributed by atoms with van der Waals surface area (Å²) in [6, 6.07) is 16.6. The van der Waals surface area contributed by atoms with Gasteiger partial charge in [-0.3, -0.25) is 4.21 Å². The maximum Gasteiger partial charge on any atom is 0.128 e. The molecule has 18 heavy (non-hydrogen) atoms. The highest BCUT2D eigenvalue weighted by molar-refractivity contribution is 7.82. The van der Waals surface area contributed by atoms with Crippen molar-refractivity contribution in [2.24, 2.45) is 0 Å². The van der Waals surface area contributed by atoms with Gasteiger partial charge < -0.3 is 9.29 Å². The number of hydrogen-bond acceptors (Lipinski definition) is 3. The summed E-state index contributed by atoms with van der Waals surface area (Å²) >= 11 is -2.18. The van der Waals surface area contributed by atoms with Gasteiger partial charge in [0, 0.05) is 0 Å². The van der Waals surface area contributed by atoms with Crippen LogP contribution < -0.4 is 4.74 Å². The molecule has 0 fully saturated rings. The Balaban J connectivity index is 2.15. The molecule has 0 aliphatic carbocycles. The highest BCUT2D eigenvalue weighted by Crippen LogP contribution is 2.22. The Hall–Kier alpha value is -1.91. The van der Waals surface area contributed by atoms with Crippen LogP contribution in [0.25, 0.3) is 6.08 Å². The number of benzene rings is 2. The molecule has 0 bridgehead atoms. The molecule has 2 rings (SSSR count). The summed E-state index contributed by atoms with van der Waals surface area (Å²) < 4.78 is 26.5. The fourth-order valence-corrected chi connectivity index (χ4v) is 1.71. The predicted octanol–water partition coefficient (Wildman–Crippen LogP) is 3.33. The number of ether oxygens (including phenoxy) is 1. The van der Waals surface area contributed by atoms with E-state index in [1.165, 1.54) is 6.08 Å². The molecule has 1 atom stereocenters. The van der Waals surface area contributed by atoms with E-state index < -0.39 is 11.1 Å². The molecule has 0 saturated heterocycles. The average Bonchev–Trinajstić information content (AvgIpc) is 2.38. The first kappa shape index (κ1) is 12.5. The summed E-state index contributed by atoms with van der Waals surface area (Å²) in [5.41, 5.74) is 0.771. The van der Waals surface area contributed by atoms with Gasteiger partial charge in [0.05, 0.1) is 0 Å². The van der Waals surface area contributed by atoms with Gasteiger partial charge >= 0.3 is 0 Å². The lowest BCUT2D eigenvalue weighted by Crippen LogP contribution is -1.84. The molecule has 0 radical (unpaired) electrons. The molecule has 4 heteroatoms. The summed E-state index contributed by atoms with van der Waals surface area (Å²) in [4.78, 5) is 0. The first-order valence-electron chi connectivity index (χ1n) is 5.33. The van der Waals surface area contributed by atoms with Crippen LogP contribution in [-0.2, 0) is 11.1 Å². The second kappa shape index (κ2) is 6.14. The van der Waals surface area contributed by atoms with Crippen LogP contribution in [-0.4, -0.2) is 8.76 Å². The van der Waals surface area contributed by atoms with Crippen molar-refractivity contribution >= 4 is 17.2 Å². The Morgan fingerprint density at radius 1 is 1.00 bits per heavy atom. The van der Waals surface area contributed by atoms with Crippen LogP contribution in [0.2, 0.25) is 0 Å². The maximum absolute atomic E-state index is 10.4. The first-order chi connectivity index (χ1) is 8.74. The Bertz CT molecular complexity index is 564. The molecule has 0 spiro atoms. The molecule has 0 saturated carbocycles. The Morgan fingerprint density at radius 3 is 2.44 bits per heavy atom. The molecule has 2 aromatic carbocycles. The number of para-hydroxylation sites is 1. The second-order valence-electron chi connectivity index (χ2n) is 3.55. The van der Waals surface area contributed by atoms with Gasteiger partial charge in [-0.05, 0) is 52.4 Å². The third-order valence-electron chi connectivity index (χ3n) is 2.21. The van der Waals surface area contributed by atoms with Crippen molar-refractivity contribution in [3.63, 3.8) is 0 Å². The van der Waals surface area contributed by atoms with E-state index in [9.17, 15) is 8.76 Å². The maximum atomic E-state index is 10.4. The zero-order valence-electron chi connectivity index (χ0n) is 9.48. The standard InChI is InChI=1S/C14H12O3S/c15-18(16)10-9-12-5-4-8-14(11-12)17-13-6-2-1-3-7-13/h1-11H,(H,15,16)/p-1/b10-9+. The zero-order valence-corrected chi connectivity index (χ0v) is 10.3. The van der Waals surface area contributed by atoms with Crippen LogP contribution >= 0.6 is 0 Å². The highest BCUT2D eigenvalue weighted by atomic mass is 32.2. The van der Waals surface area contributed by atoms with Crippen molar-refractivity contribution in [2.45, 2.75) is 0 Å². The lowest BCUT2D eigenvalue weighted by atomic mass is 10.2. The van der Waals surface area contributed by atoms with E-state index in [1.807, 2.05) is 42.5 Å². The minimum atomic E-state index is -2.18. The Morgan fingerprint density at radius 2 is 1.72 bits per heavy atom. The van der Waals surface area contributed by atoms with E-state index in [2.05, 4.69) is 0 Å². The topological polar surface area (TPSA) is 49.4 Å². The van der Waals surface area contributed by atoms with Gasteiger partial charge in [-0.15, -0.1) is 0 Å². The van der Waals surface area contributed by atoms with Gasteiger partial charge in [0.15, 0.2) is 0 Å². The summed E-state index contributed by atoms with van der Waals surface area (Å²) in [7, 11) is 0. The van der Waals surface area contributed by atoms with Crippen LogP contribution in [0.5, 0.6) is 11.5 Å². The molecule has 2 aromatic rings. The molecule has 0 N–H and O–H groups in total.